The molecule has 0 aliphatic rings. The van der Waals surface area contributed by atoms with Crippen LogP contribution in [-0.2, 0) is 4.79 Å². The first-order valence-electron chi connectivity index (χ1n) is 4.97. The van der Waals surface area contributed by atoms with Crippen molar-refractivity contribution in [3.05, 3.63) is 29.1 Å². The van der Waals surface area contributed by atoms with E-state index in [1.54, 1.807) is 13.8 Å². The quantitative estimate of drug-likeness (QED) is 0.276. The molecule has 1 rings (SSSR count). The predicted molar refractivity (Wildman–Crippen MR) is 51.3 cm³/mol. The van der Waals surface area contributed by atoms with Gasteiger partial charge in [0, 0.05) is 6.42 Å². The Hall–Kier alpha value is -1.66. The summed E-state index contributed by atoms with van der Waals surface area (Å²) in [5.41, 5.74) is 0. The number of halogens is 5. The van der Waals surface area contributed by atoms with E-state index in [2.05, 4.69) is 4.74 Å². The molecule has 0 aliphatic heterocycles. The number of hydrogen-bond donors (Lipinski definition) is 0. The van der Waals surface area contributed by atoms with Crippen molar-refractivity contribution in [1.82, 2.24) is 0 Å². The number of carbonyl (C=O) groups excluding carboxylic acids is 1. The summed E-state index contributed by atoms with van der Waals surface area (Å²) < 4.78 is 68.6. The van der Waals surface area contributed by atoms with Gasteiger partial charge in [-0.2, -0.15) is 8.78 Å². The van der Waals surface area contributed by atoms with Gasteiger partial charge in [-0.25, -0.2) is 13.2 Å². The van der Waals surface area contributed by atoms with Gasteiger partial charge in [-0.15, -0.1) is 0 Å². The number of hydrogen-bond acceptors (Lipinski definition) is 2. The Bertz CT molecular complexity index is 456. The van der Waals surface area contributed by atoms with Gasteiger partial charge >= 0.3 is 5.97 Å². The van der Waals surface area contributed by atoms with Crippen molar-refractivity contribution < 1.29 is 31.5 Å². The van der Waals surface area contributed by atoms with Crippen molar-refractivity contribution in [1.29, 1.82) is 0 Å². The van der Waals surface area contributed by atoms with Gasteiger partial charge in [-0.3, -0.25) is 4.79 Å². The highest BCUT2D eigenvalue weighted by molar-refractivity contribution is 5.72. The van der Waals surface area contributed by atoms with Gasteiger partial charge < -0.3 is 4.74 Å². The number of rotatable bonds is 3. The van der Waals surface area contributed by atoms with E-state index < -0.39 is 40.8 Å². The Morgan fingerprint density at radius 1 is 0.944 bits per heavy atom. The van der Waals surface area contributed by atoms with Crippen LogP contribution >= 0.6 is 0 Å². The van der Waals surface area contributed by atoms with Crippen LogP contribution in [0.15, 0.2) is 0 Å². The molecule has 1 aromatic rings. The number of carbonyl (C=O) groups is 1. The van der Waals surface area contributed by atoms with Gasteiger partial charge in [0.2, 0.25) is 34.8 Å². The molecule has 7 heteroatoms. The summed E-state index contributed by atoms with van der Waals surface area (Å²) in [6, 6.07) is 0. The van der Waals surface area contributed by atoms with Crippen LogP contribution in [0, 0.1) is 35.0 Å². The van der Waals surface area contributed by atoms with Crippen LogP contribution in [0.25, 0.3) is 0 Å². The zero-order valence-electron chi connectivity index (χ0n) is 9.49. The van der Waals surface area contributed by atoms with E-state index in [-0.39, 0.29) is 12.3 Å². The molecule has 2 nitrogen and oxygen atoms in total. The molecule has 0 radical (unpaired) electrons. The fraction of sp³-hybridized carbons (Fsp3) is 0.364. The topological polar surface area (TPSA) is 26.3 Å². The van der Waals surface area contributed by atoms with Crippen LogP contribution < -0.4 is 4.74 Å². The lowest BCUT2D eigenvalue weighted by Crippen LogP contribution is -2.15. The molecule has 0 fully saturated rings. The number of ether oxygens (including phenoxy) is 1. The molecular weight excluding hydrogens is 259 g/mol. The number of esters is 1. The summed E-state index contributed by atoms with van der Waals surface area (Å²) in [5, 5.41) is 0. The minimum atomic E-state index is -2.30. The Labute approximate surface area is 99.4 Å². The third-order valence-corrected chi connectivity index (χ3v) is 1.96. The van der Waals surface area contributed by atoms with Gasteiger partial charge in [0.05, 0.1) is 0 Å². The first-order valence-corrected chi connectivity index (χ1v) is 4.97. The number of benzene rings is 1. The Morgan fingerprint density at radius 2 is 1.33 bits per heavy atom. The first-order chi connectivity index (χ1) is 8.25. The molecule has 1 aromatic carbocycles. The largest absolute Gasteiger partial charge is 0.420 e. The van der Waals surface area contributed by atoms with E-state index >= 15 is 0 Å². The standard InChI is InChI=1S/C11H9F5O2/c1-4(2)3-5(17)18-11-9(15)7(13)6(12)8(14)10(11)16/h4H,3H2,1-2H3. The summed E-state index contributed by atoms with van der Waals surface area (Å²) in [7, 11) is 0. The molecule has 0 N–H and O–H groups in total. The van der Waals surface area contributed by atoms with Crippen molar-refractivity contribution in [3.8, 4) is 5.75 Å². The maximum atomic E-state index is 13.1. The van der Waals surface area contributed by atoms with Gasteiger partial charge in [-0.05, 0) is 5.92 Å². The van der Waals surface area contributed by atoms with Crippen molar-refractivity contribution in [2.24, 2.45) is 5.92 Å². The molecule has 100 valence electrons. The zero-order chi connectivity index (χ0) is 14.0. The first kappa shape index (κ1) is 14.4. The lowest BCUT2D eigenvalue weighted by molar-refractivity contribution is -0.135. The minimum Gasteiger partial charge on any atom is -0.420 e. The highest BCUT2D eigenvalue weighted by Gasteiger charge is 2.28. The van der Waals surface area contributed by atoms with Crippen molar-refractivity contribution in [2.75, 3.05) is 0 Å². The predicted octanol–water partition coefficient (Wildman–Crippen LogP) is 3.33. The molecular formula is C11H9F5O2. The van der Waals surface area contributed by atoms with Crippen LogP contribution in [0.2, 0.25) is 0 Å². The second-order valence-electron chi connectivity index (χ2n) is 3.97. The maximum absolute atomic E-state index is 13.1. The van der Waals surface area contributed by atoms with Gasteiger partial charge in [-0.1, -0.05) is 13.8 Å². The lowest BCUT2D eigenvalue weighted by atomic mass is 10.1. The molecule has 0 bridgehead atoms. The second kappa shape index (κ2) is 5.32. The molecule has 0 spiro atoms. The molecule has 0 atom stereocenters. The average molecular weight is 268 g/mol. The third-order valence-electron chi connectivity index (χ3n) is 1.96. The Kier molecular flexibility index (Phi) is 4.26. The molecule has 0 aromatic heterocycles. The van der Waals surface area contributed by atoms with Crippen LogP contribution in [-0.4, -0.2) is 5.97 Å². The highest BCUT2D eigenvalue weighted by Crippen LogP contribution is 2.29. The normalized spacial score (nSPS) is 10.9. The van der Waals surface area contributed by atoms with E-state index in [1.165, 1.54) is 0 Å². The summed E-state index contributed by atoms with van der Waals surface area (Å²) in [6.07, 6.45) is -0.209. The molecule has 0 unspecified atom stereocenters. The summed E-state index contributed by atoms with van der Waals surface area (Å²) in [6.45, 7) is 3.25. The van der Waals surface area contributed by atoms with E-state index in [0.717, 1.165) is 0 Å². The van der Waals surface area contributed by atoms with Crippen molar-refractivity contribution in [3.63, 3.8) is 0 Å². The van der Waals surface area contributed by atoms with Crippen molar-refractivity contribution in [2.45, 2.75) is 20.3 Å². The van der Waals surface area contributed by atoms with E-state index in [0.29, 0.717) is 0 Å². The van der Waals surface area contributed by atoms with Crippen LogP contribution in [0.3, 0.4) is 0 Å². The van der Waals surface area contributed by atoms with Gasteiger partial charge in [0.15, 0.2) is 0 Å². The lowest BCUT2D eigenvalue weighted by Gasteiger charge is -2.09. The van der Waals surface area contributed by atoms with Gasteiger partial charge in [0.25, 0.3) is 0 Å². The van der Waals surface area contributed by atoms with E-state index in [1.807, 2.05) is 0 Å². The summed E-state index contributed by atoms with van der Waals surface area (Å²) in [5.74, 6) is -13.8. The van der Waals surface area contributed by atoms with Crippen LogP contribution in [0.4, 0.5) is 22.0 Å². The van der Waals surface area contributed by atoms with Gasteiger partial charge in [0.1, 0.15) is 0 Å². The van der Waals surface area contributed by atoms with E-state index in [4.69, 9.17) is 0 Å². The molecule has 0 saturated heterocycles. The third kappa shape index (κ3) is 2.77. The van der Waals surface area contributed by atoms with E-state index in [9.17, 15) is 26.7 Å². The minimum absolute atomic E-state index is 0.182. The molecule has 0 heterocycles. The Balaban J connectivity index is 3.14. The second-order valence-corrected chi connectivity index (χ2v) is 3.97. The highest BCUT2D eigenvalue weighted by atomic mass is 19.2. The summed E-state index contributed by atoms with van der Waals surface area (Å²) >= 11 is 0. The van der Waals surface area contributed by atoms with Crippen LogP contribution in [0.5, 0.6) is 5.75 Å². The summed E-state index contributed by atoms with van der Waals surface area (Å²) in [4.78, 5) is 11.1. The monoisotopic (exact) mass is 268 g/mol. The van der Waals surface area contributed by atoms with Crippen molar-refractivity contribution >= 4 is 5.97 Å². The fourth-order valence-corrected chi connectivity index (χ4v) is 1.16. The molecule has 0 saturated carbocycles. The smallest absolute Gasteiger partial charge is 0.311 e. The Morgan fingerprint density at radius 3 is 1.72 bits per heavy atom. The molecule has 18 heavy (non-hydrogen) atoms. The molecule has 0 amide bonds. The zero-order valence-corrected chi connectivity index (χ0v) is 9.49. The fourth-order valence-electron chi connectivity index (χ4n) is 1.16. The van der Waals surface area contributed by atoms with Crippen LogP contribution in [0.1, 0.15) is 20.3 Å². The SMILES string of the molecule is CC(C)CC(=O)Oc1c(F)c(F)c(F)c(F)c1F. The average Bonchev–Trinajstić information content (AvgIpc) is 2.29. The maximum Gasteiger partial charge on any atom is 0.311 e. The molecule has 0 aliphatic carbocycles.